The Morgan fingerprint density at radius 2 is 1.36 bits per heavy atom. The van der Waals surface area contributed by atoms with Crippen LogP contribution in [0, 0.1) is 0 Å². The summed E-state index contributed by atoms with van der Waals surface area (Å²) in [5.74, 6) is -0.973. The van der Waals surface area contributed by atoms with Gasteiger partial charge in [0, 0.05) is 12.8 Å². The number of aliphatic hydroxyl groups is 4. The van der Waals surface area contributed by atoms with Crippen LogP contribution in [0.3, 0.4) is 0 Å². The van der Waals surface area contributed by atoms with E-state index >= 15 is 0 Å². The van der Waals surface area contributed by atoms with E-state index in [1.54, 1.807) is 0 Å². The Morgan fingerprint density at radius 3 is 2.02 bits per heavy atom. The third kappa shape index (κ3) is 19.3. The summed E-state index contributed by atoms with van der Waals surface area (Å²) in [5.41, 5.74) is 0. The van der Waals surface area contributed by atoms with Gasteiger partial charge >= 0.3 is 11.9 Å². The second kappa shape index (κ2) is 26.4. The number of aliphatic hydroxyl groups excluding tert-OH is 4. The van der Waals surface area contributed by atoms with Gasteiger partial charge in [0.25, 0.3) is 0 Å². The van der Waals surface area contributed by atoms with Gasteiger partial charge in [0.05, 0.1) is 13.2 Å². The SMILES string of the molecule is CC/C=C/C=C/C=C/C=C/C=C/CCCC(=O)OC(COC(=O)CC/C=C/CCCCC)CO[C@H]1O[C@@H](CO)[C@@H](O)C(O)C1O. The smallest absolute Gasteiger partial charge is 0.306 e. The number of carbonyl (C=O) groups excluding carboxylic acids is 2. The molecule has 0 aromatic carbocycles. The van der Waals surface area contributed by atoms with E-state index in [4.69, 9.17) is 18.9 Å². The molecule has 0 aliphatic carbocycles. The molecule has 1 aliphatic heterocycles. The molecule has 0 amide bonds. The third-order valence-corrected chi connectivity index (χ3v) is 6.72. The molecular formula is C35H54O10. The molecule has 10 heteroatoms. The minimum Gasteiger partial charge on any atom is -0.462 e. The van der Waals surface area contributed by atoms with Crippen molar-refractivity contribution in [1.82, 2.24) is 0 Å². The standard InChI is InChI=1S/C35H54O10/c1-3-5-7-9-11-12-13-14-15-16-18-20-22-24-31(38)44-28(26-42-30(37)23-21-19-17-10-8-6-4-2)27-43-35-34(41)33(40)32(39)29(25-36)45-35/h5,7,9,11-19,28-29,32-36,39-41H,3-4,6,8,10,20-27H2,1-2H3/b7-5+,11-9+,13-12+,15-14+,18-16+,19-17+/t28?,29-,32+,33?,34?,35-/m0/s1. The van der Waals surface area contributed by atoms with Crippen LogP contribution in [0.2, 0.25) is 0 Å². The predicted octanol–water partition coefficient (Wildman–Crippen LogP) is 4.54. The van der Waals surface area contributed by atoms with E-state index in [0.717, 1.165) is 25.7 Å². The number of unbranched alkanes of at least 4 members (excludes halogenated alkanes) is 4. The lowest BCUT2D eigenvalue weighted by Crippen LogP contribution is -2.59. The molecule has 1 rings (SSSR count). The van der Waals surface area contributed by atoms with Crippen molar-refractivity contribution < 1.29 is 49.0 Å². The molecular weight excluding hydrogens is 580 g/mol. The van der Waals surface area contributed by atoms with Crippen LogP contribution in [-0.4, -0.2) is 89.0 Å². The molecule has 0 aromatic rings. The first-order valence-electron chi connectivity index (χ1n) is 16.1. The zero-order valence-electron chi connectivity index (χ0n) is 26.8. The van der Waals surface area contributed by atoms with Crippen molar-refractivity contribution in [3.8, 4) is 0 Å². The number of hydrogen-bond acceptors (Lipinski definition) is 10. The summed E-state index contributed by atoms with van der Waals surface area (Å²) in [6.07, 6.45) is 22.6. The van der Waals surface area contributed by atoms with Gasteiger partial charge < -0.3 is 39.4 Å². The highest BCUT2D eigenvalue weighted by molar-refractivity contribution is 5.70. The molecule has 1 aliphatic rings. The van der Waals surface area contributed by atoms with Gasteiger partial charge in [0.15, 0.2) is 12.4 Å². The fraction of sp³-hybridized carbons (Fsp3) is 0.600. The monoisotopic (exact) mass is 634 g/mol. The van der Waals surface area contributed by atoms with E-state index in [-0.39, 0.29) is 26.1 Å². The maximum absolute atomic E-state index is 12.6. The molecule has 0 saturated carbocycles. The second-order valence-electron chi connectivity index (χ2n) is 10.6. The highest BCUT2D eigenvalue weighted by Gasteiger charge is 2.44. The van der Waals surface area contributed by atoms with Crippen molar-refractivity contribution in [1.29, 1.82) is 0 Å². The minimum absolute atomic E-state index is 0.122. The highest BCUT2D eigenvalue weighted by Crippen LogP contribution is 2.22. The van der Waals surface area contributed by atoms with E-state index in [0.29, 0.717) is 19.3 Å². The Hall–Kier alpha value is -2.86. The highest BCUT2D eigenvalue weighted by atomic mass is 16.7. The fourth-order valence-corrected chi connectivity index (χ4v) is 4.11. The number of rotatable bonds is 23. The van der Waals surface area contributed by atoms with Crippen LogP contribution in [0.25, 0.3) is 0 Å². The van der Waals surface area contributed by atoms with Crippen LogP contribution < -0.4 is 0 Å². The Labute approximate surface area is 268 Å². The average Bonchev–Trinajstić information content (AvgIpc) is 3.03. The van der Waals surface area contributed by atoms with E-state index in [1.165, 1.54) is 6.42 Å². The number of allylic oxidation sites excluding steroid dienone is 12. The molecule has 1 heterocycles. The lowest BCUT2D eigenvalue weighted by atomic mass is 9.99. The molecule has 6 atom stereocenters. The summed E-state index contributed by atoms with van der Waals surface area (Å²) in [6.45, 7) is 3.02. The summed E-state index contributed by atoms with van der Waals surface area (Å²) < 4.78 is 21.7. The Kier molecular flexibility index (Phi) is 23.5. The van der Waals surface area contributed by atoms with Crippen molar-refractivity contribution >= 4 is 11.9 Å². The first kappa shape index (κ1) is 40.2. The molecule has 0 radical (unpaired) electrons. The van der Waals surface area contributed by atoms with Gasteiger partial charge in [-0.3, -0.25) is 9.59 Å². The van der Waals surface area contributed by atoms with Crippen molar-refractivity contribution in [3.63, 3.8) is 0 Å². The lowest BCUT2D eigenvalue weighted by molar-refractivity contribution is -0.305. The maximum Gasteiger partial charge on any atom is 0.306 e. The summed E-state index contributed by atoms with van der Waals surface area (Å²) in [4.78, 5) is 24.8. The van der Waals surface area contributed by atoms with Crippen LogP contribution in [0.5, 0.6) is 0 Å². The van der Waals surface area contributed by atoms with E-state index in [2.05, 4.69) is 26.0 Å². The molecule has 0 bridgehead atoms. The number of esters is 2. The first-order chi connectivity index (χ1) is 21.8. The molecule has 0 aromatic heterocycles. The lowest BCUT2D eigenvalue weighted by Gasteiger charge is -2.39. The summed E-state index contributed by atoms with van der Waals surface area (Å²) in [7, 11) is 0. The van der Waals surface area contributed by atoms with Crippen LogP contribution >= 0.6 is 0 Å². The largest absolute Gasteiger partial charge is 0.462 e. The Balaban J connectivity index is 2.58. The summed E-state index contributed by atoms with van der Waals surface area (Å²) in [6, 6.07) is 0. The van der Waals surface area contributed by atoms with Crippen LogP contribution in [0.1, 0.15) is 78.1 Å². The zero-order chi connectivity index (χ0) is 33.1. The fourth-order valence-electron chi connectivity index (χ4n) is 4.11. The number of hydrogen-bond donors (Lipinski definition) is 4. The van der Waals surface area contributed by atoms with Gasteiger partial charge in [0.1, 0.15) is 31.0 Å². The van der Waals surface area contributed by atoms with Gasteiger partial charge in [-0.05, 0) is 38.5 Å². The zero-order valence-corrected chi connectivity index (χ0v) is 26.8. The van der Waals surface area contributed by atoms with Gasteiger partial charge in [0.2, 0.25) is 0 Å². The summed E-state index contributed by atoms with van der Waals surface area (Å²) >= 11 is 0. The molecule has 1 saturated heterocycles. The minimum atomic E-state index is -1.61. The molecule has 0 spiro atoms. The quantitative estimate of drug-likeness (QED) is 0.0546. The van der Waals surface area contributed by atoms with E-state index in [1.807, 2.05) is 60.8 Å². The molecule has 10 nitrogen and oxygen atoms in total. The van der Waals surface area contributed by atoms with E-state index < -0.39 is 55.4 Å². The maximum atomic E-state index is 12.6. The average molecular weight is 635 g/mol. The van der Waals surface area contributed by atoms with Gasteiger partial charge in [-0.2, -0.15) is 0 Å². The third-order valence-electron chi connectivity index (χ3n) is 6.72. The van der Waals surface area contributed by atoms with E-state index in [9.17, 15) is 30.0 Å². The number of ether oxygens (including phenoxy) is 4. The molecule has 45 heavy (non-hydrogen) atoms. The van der Waals surface area contributed by atoms with Crippen molar-refractivity contribution in [3.05, 3.63) is 72.9 Å². The van der Waals surface area contributed by atoms with Gasteiger partial charge in [-0.1, -0.05) is 99.6 Å². The Morgan fingerprint density at radius 1 is 0.711 bits per heavy atom. The van der Waals surface area contributed by atoms with Crippen LogP contribution in [0.15, 0.2) is 72.9 Å². The molecule has 4 N–H and O–H groups in total. The molecule has 3 unspecified atom stereocenters. The second-order valence-corrected chi connectivity index (χ2v) is 10.6. The molecule has 254 valence electrons. The van der Waals surface area contributed by atoms with Crippen LogP contribution in [-0.2, 0) is 28.5 Å². The topological polar surface area (TPSA) is 152 Å². The van der Waals surface area contributed by atoms with Crippen molar-refractivity contribution in [2.75, 3.05) is 19.8 Å². The van der Waals surface area contributed by atoms with Gasteiger partial charge in [-0.15, -0.1) is 0 Å². The predicted molar refractivity (Wildman–Crippen MR) is 173 cm³/mol. The van der Waals surface area contributed by atoms with Crippen molar-refractivity contribution in [2.45, 2.75) is 115 Å². The van der Waals surface area contributed by atoms with Gasteiger partial charge in [-0.25, -0.2) is 0 Å². The first-order valence-corrected chi connectivity index (χ1v) is 16.1. The Bertz CT molecular complexity index is 965. The van der Waals surface area contributed by atoms with Crippen molar-refractivity contribution in [2.24, 2.45) is 0 Å². The molecule has 1 fully saturated rings. The normalized spacial score (nSPS) is 23.4. The summed E-state index contributed by atoms with van der Waals surface area (Å²) in [5, 5.41) is 39.7. The van der Waals surface area contributed by atoms with Crippen LogP contribution in [0.4, 0.5) is 0 Å². The number of carbonyl (C=O) groups is 2.